The molecule has 3 rings (SSSR count). The molecule has 0 unspecified atom stereocenters. The van der Waals surface area contributed by atoms with Crippen molar-refractivity contribution in [3.63, 3.8) is 0 Å². The third-order valence-electron chi connectivity index (χ3n) is 6.13. The maximum Gasteiger partial charge on any atom is 0.408 e. The molecule has 2 amide bonds. The van der Waals surface area contributed by atoms with Gasteiger partial charge >= 0.3 is 6.09 Å². The average Bonchev–Trinajstić information content (AvgIpc) is 2.68. The molecule has 0 radical (unpaired) electrons. The summed E-state index contributed by atoms with van der Waals surface area (Å²) in [6.45, 7) is 8.89. The number of alkyl carbamates (subject to hydrolysis) is 1. The van der Waals surface area contributed by atoms with Crippen LogP contribution in [0.25, 0.3) is 0 Å². The Hall–Kier alpha value is -2.08. The topological polar surface area (TPSA) is 70.7 Å². The Balaban J connectivity index is 1.74. The Labute approximate surface area is 168 Å². The molecular formula is C22H33N3O3. The predicted molar refractivity (Wildman–Crippen MR) is 109 cm³/mol. The standard InChI is InChI=1S/C22H33N3O3/c1-21(2,3)22(24-20(27)28-16-17-8-5-4-6-9-17)12-7-15-25(19(22)26)18-10-13-23-14-11-18/h4-6,8-9,18,23H,7,10-16H2,1-3H3,(H,24,27)/t22-/m0/s1. The van der Waals surface area contributed by atoms with Crippen molar-refractivity contribution in [1.82, 2.24) is 15.5 Å². The zero-order valence-corrected chi connectivity index (χ0v) is 17.3. The van der Waals surface area contributed by atoms with Crippen LogP contribution < -0.4 is 10.6 Å². The fourth-order valence-electron chi connectivity index (χ4n) is 4.37. The van der Waals surface area contributed by atoms with Gasteiger partial charge in [0, 0.05) is 12.6 Å². The van der Waals surface area contributed by atoms with Gasteiger partial charge in [0.1, 0.15) is 12.1 Å². The molecule has 2 saturated heterocycles. The summed E-state index contributed by atoms with van der Waals surface area (Å²) in [7, 11) is 0. The summed E-state index contributed by atoms with van der Waals surface area (Å²) in [5, 5.41) is 6.35. The van der Waals surface area contributed by atoms with Crippen LogP contribution in [0.1, 0.15) is 52.0 Å². The van der Waals surface area contributed by atoms with Crippen molar-refractivity contribution in [2.75, 3.05) is 19.6 Å². The van der Waals surface area contributed by atoms with Crippen molar-refractivity contribution >= 4 is 12.0 Å². The van der Waals surface area contributed by atoms with Gasteiger partial charge in [-0.25, -0.2) is 4.79 Å². The highest BCUT2D eigenvalue weighted by Gasteiger charge is 2.54. The van der Waals surface area contributed by atoms with Crippen LogP contribution in [-0.2, 0) is 16.1 Å². The quantitative estimate of drug-likeness (QED) is 0.833. The molecule has 2 heterocycles. The molecule has 1 atom stereocenters. The van der Waals surface area contributed by atoms with E-state index < -0.39 is 17.0 Å². The molecule has 6 nitrogen and oxygen atoms in total. The number of benzene rings is 1. The van der Waals surface area contributed by atoms with E-state index in [9.17, 15) is 9.59 Å². The monoisotopic (exact) mass is 387 g/mol. The maximum atomic E-state index is 13.6. The van der Waals surface area contributed by atoms with Crippen molar-refractivity contribution < 1.29 is 14.3 Å². The van der Waals surface area contributed by atoms with Crippen LogP contribution in [0.2, 0.25) is 0 Å². The number of hydrogen-bond donors (Lipinski definition) is 2. The van der Waals surface area contributed by atoms with Crippen LogP contribution in [0.4, 0.5) is 4.79 Å². The van der Waals surface area contributed by atoms with Crippen molar-refractivity contribution in [2.45, 2.75) is 64.6 Å². The van der Waals surface area contributed by atoms with Gasteiger partial charge in [-0.1, -0.05) is 51.1 Å². The Morgan fingerprint density at radius 3 is 2.57 bits per heavy atom. The Bertz CT molecular complexity index is 680. The molecule has 0 bridgehead atoms. The van der Waals surface area contributed by atoms with Gasteiger partial charge in [0.05, 0.1) is 0 Å². The number of piperidine rings is 2. The molecule has 154 valence electrons. The number of nitrogens with zero attached hydrogens (tertiary/aromatic N) is 1. The molecule has 0 spiro atoms. The maximum absolute atomic E-state index is 13.6. The molecule has 28 heavy (non-hydrogen) atoms. The third kappa shape index (κ3) is 4.32. The van der Waals surface area contributed by atoms with E-state index >= 15 is 0 Å². The zero-order valence-electron chi connectivity index (χ0n) is 17.3. The molecule has 2 fully saturated rings. The highest BCUT2D eigenvalue weighted by atomic mass is 16.5. The summed E-state index contributed by atoms with van der Waals surface area (Å²) >= 11 is 0. The number of hydrogen-bond acceptors (Lipinski definition) is 4. The van der Waals surface area contributed by atoms with Crippen molar-refractivity contribution in [1.29, 1.82) is 0 Å². The summed E-state index contributed by atoms with van der Waals surface area (Å²) in [5.41, 5.74) is -0.431. The van der Waals surface area contributed by atoms with E-state index in [0.717, 1.165) is 44.5 Å². The Kier molecular flexibility index (Phi) is 6.28. The number of amides is 2. The van der Waals surface area contributed by atoms with E-state index in [0.29, 0.717) is 6.42 Å². The lowest BCUT2D eigenvalue weighted by atomic mass is 9.68. The number of rotatable bonds is 4. The number of carbonyl (C=O) groups excluding carboxylic acids is 2. The average molecular weight is 388 g/mol. The molecule has 0 saturated carbocycles. The molecule has 1 aromatic carbocycles. The first-order chi connectivity index (χ1) is 13.3. The highest BCUT2D eigenvalue weighted by Crippen LogP contribution is 2.40. The van der Waals surface area contributed by atoms with Crippen LogP contribution in [0, 0.1) is 5.41 Å². The summed E-state index contributed by atoms with van der Waals surface area (Å²) < 4.78 is 5.45. The number of likely N-dealkylation sites (tertiary alicyclic amines) is 1. The number of nitrogens with one attached hydrogen (secondary N) is 2. The van der Waals surface area contributed by atoms with Crippen LogP contribution in [0.5, 0.6) is 0 Å². The Morgan fingerprint density at radius 2 is 1.93 bits per heavy atom. The fraction of sp³-hybridized carbons (Fsp3) is 0.636. The minimum Gasteiger partial charge on any atom is -0.445 e. The van der Waals surface area contributed by atoms with Gasteiger partial charge in [-0.3, -0.25) is 4.79 Å². The van der Waals surface area contributed by atoms with E-state index in [1.54, 1.807) is 0 Å². The largest absolute Gasteiger partial charge is 0.445 e. The van der Waals surface area contributed by atoms with Crippen molar-refractivity contribution in [3.05, 3.63) is 35.9 Å². The smallest absolute Gasteiger partial charge is 0.408 e. The first kappa shape index (κ1) is 20.6. The summed E-state index contributed by atoms with van der Waals surface area (Å²) in [4.78, 5) is 28.3. The van der Waals surface area contributed by atoms with E-state index in [4.69, 9.17) is 4.74 Å². The van der Waals surface area contributed by atoms with Gasteiger partial charge in [0.15, 0.2) is 0 Å². The van der Waals surface area contributed by atoms with Gasteiger partial charge in [-0.2, -0.15) is 0 Å². The minimum absolute atomic E-state index is 0.0369. The van der Waals surface area contributed by atoms with Crippen LogP contribution >= 0.6 is 0 Å². The van der Waals surface area contributed by atoms with Crippen LogP contribution in [0.15, 0.2) is 30.3 Å². The number of carbonyl (C=O) groups is 2. The van der Waals surface area contributed by atoms with E-state index in [-0.39, 0.29) is 18.6 Å². The lowest BCUT2D eigenvalue weighted by molar-refractivity contribution is -0.150. The fourth-order valence-corrected chi connectivity index (χ4v) is 4.37. The van der Waals surface area contributed by atoms with Crippen LogP contribution in [-0.4, -0.2) is 48.1 Å². The normalized spacial score (nSPS) is 24.1. The molecule has 0 aromatic heterocycles. The van der Waals surface area contributed by atoms with Gasteiger partial charge in [0.25, 0.3) is 0 Å². The second-order valence-electron chi connectivity index (χ2n) is 8.93. The second-order valence-corrected chi connectivity index (χ2v) is 8.93. The SMILES string of the molecule is CC(C)(C)[C@]1(NC(=O)OCc2ccccc2)CCCN(C2CCNCC2)C1=O. The molecule has 2 aliphatic heterocycles. The third-order valence-corrected chi connectivity index (χ3v) is 6.13. The Morgan fingerprint density at radius 1 is 1.25 bits per heavy atom. The molecule has 6 heteroatoms. The lowest BCUT2D eigenvalue weighted by Gasteiger charge is -2.51. The molecule has 2 aliphatic rings. The van der Waals surface area contributed by atoms with Gasteiger partial charge in [-0.15, -0.1) is 0 Å². The summed E-state index contributed by atoms with van der Waals surface area (Å²) in [6.07, 6.45) is 2.91. The first-order valence-corrected chi connectivity index (χ1v) is 10.3. The second kappa shape index (κ2) is 8.52. The van der Waals surface area contributed by atoms with Crippen LogP contribution in [0.3, 0.4) is 0 Å². The van der Waals surface area contributed by atoms with Gasteiger partial charge in [-0.05, 0) is 49.8 Å². The van der Waals surface area contributed by atoms with E-state index in [1.165, 1.54) is 0 Å². The van der Waals surface area contributed by atoms with Gasteiger partial charge < -0.3 is 20.3 Å². The predicted octanol–water partition coefficient (Wildman–Crippen LogP) is 3.07. The summed E-state index contributed by atoms with van der Waals surface area (Å²) in [5.74, 6) is 0.0369. The van der Waals surface area contributed by atoms with E-state index in [2.05, 4.69) is 10.6 Å². The molecule has 1 aromatic rings. The summed E-state index contributed by atoms with van der Waals surface area (Å²) in [6, 6.07) is 9.82. The number of ether oxygens (including phenoxy) is 1. The van der Waals surface area contributed by atoms with Crippen molar-refractivity contribution in [3.8, 4) is 0 Å². The zero-order chi connectivity index (χ0) is 20.2. The van der Waals surface area contributed by atoms with Gasteiger partial charge in [0.2, 0.25) is 5.91 Å². The first-order valence-electron chi connectivity index (χ1n) is 10.3. The highest BCUT2D eigenvalue weighted by molar-refractivity contribution is 5.91. The molecule has 0 aliphatic carbocycles. The van der Waals surface area contributed by atoms with E-state index in [1.807, 2.05) is 56.0 Å². The molecule has 2 N–H and O–H groups in total. The lowest BCUT2D eigenvalue weighted by Crippen LogP contribution is -2.70. The minimum atomic E-state index is -0.941. The van der Waals surface area contributed by atoms with Crippen molar-refractivity contribution in [2.24, 2.45) is 5.41 Å². The molecular weight excluding hydrogens is 354 g/mol.